The van der Waals surface area contributed by atoms with Crippen molar-refractivity contribution in [1.82, 2.24) is 4.57 Å². The molecule has 0 radical (unpaired) electrons. The number of aromatic nitrogens is 1. The number of carbonyl (C=O) groups excluding carboxylic acids is 1. The van der Waals surface area contributed by atoms with Gasteiger partial charge in [-0.3, -0.25) is 9.36 Å². The molecule has 0 spiro atoms. The van der Waals surface area contributed by atoms with E-state index in [4.69, 9.17) is 13.9 Å². The maximum absolute atomic E-state index is 12.6. The number of benzene rings is 2. The summed E-state index contributed by atoms with van der Waals surface area (Å²) in [7, 11) is 3.06. The van der Waals surface area contributed by atoms with Gasteiger partial charge in [0.15, 0.2) is 17.1 Å². The third-order valence-electron chi connectivity index (χ3n) is 3.88. The van der Waals surface area contributed by atoms with Crippen molar-refractivity contribution in [2.75, 3.05) is 19.5 Å². The lowest BCUT2D eigenvalue weighted by Gasteiger charge is -2.10. The molecule has 1 aromatic heterocycles. The van der Waals surface area contributed by atoms with Crippen LogP contribution in [0.4, 0.5) is 5.69 Å². The molecule has 7 nitrogen and oxygen atoms in total. The second-order valence-electron chi connectivity index (χ2n) is 5.47. The molecule has 3 aromatic rings. The highest BCUT2D eigenvalue weighted by Crippen LogP contribution is 2.30. The minimum atomic E-state index is -0.489. The van der Waals surface area contributed by atoms with Crippen molar-refractivity contribution in [2.45, 2.75) is 6.54 Å². The van der Waals surface area contributed by atoms with E-state index >= 15 is 0 Å². The molecule has 0 atom stereocenters. The first kappa shape index (κ1) is 17.3. The van der Waals surface area contributed by atoms with Gasteiger partial charge in [-0.05, 0) is 30.3 Å². The van der Waals surface area contributed by atoms with Crippen molar-refractivity contribution in [2.24, 2.45) is 0 Å². The van der Waals surface area contributed by atoms with Gasteiger partial charge in [0.25, 0.3) is 5.91 Å². The summed E-state index contributed by atoms with van der Waals surface area (Å²) in [5.74, 6) is 0.268. The average Bonchev–Trinajstić information content (AvgIpc) is 2.96. The Balaban J connectivity index is 1.91. The number of allylic oxidation sites excluding steroid dienone is 1. The van der Waals surface area contributed by atoms with Gasteiger partial charge in [0.2, 0.25) is 0 Å². The Kier molecular flexibility index (Phi) is 4.79. The number of methoxy groups -OCH3 is 2. The molecule has 1 heterocycles. The summed E-state index contributed by atoms with van der Waals surface area (Å²) in [6.07, 6.45) is 1.59. The second-order valence-corrected chi connectivity index (χ2v) is 5.47. The van der Waals surface area contributed by atoms with Crippen molar-refractivity contribution in [1.29, 1.82) is 0 Å². The largest absolute Gasteiger partial charge is 0.493 e. The van der Waals surface area contributed by atoms with Gasteiger partial charge in [-0.15, -0.1) is 6.58 Å². The third kappa shape index (κ3) is 3.19. The number of oxazole rings is 1. The summed E-state index contributed by atoms with van der Waals surface area (Å²) in [5, 5.41) is 2.79. The van der Waals surface area contributed by atoms with E-state index in [1.165, 1.54) is 11.7 Å². The van der Waals surface area contributed by atoms with Crippen molar-refractivity contribution in [3.63, 3.8) is 0 Å². The first-order valence-electron chi connectivity index (χ1n) is 7.85. The van der Waals surface area contributed by atoms with Crippen LogP contribution >= 0.6 is 0 Å². The van der Waals surface area contributed by atoms with Crippen LogP contribution in [0, 0.1) is 0 Å². The first-order chi connectivity index (χ1) is 12.6. The minimum absolute atomic E-state index is 0.298. The molecule has 0 unspecified atom stereocenters. The van der Waals surface area contributed by atoms with E-state index in [-0.39, 0.29) is 5.91 Å². The fourth-order valence-electron chi connectivity index (χ4n) is 2.62. The van der Waals surface area contributed by atoms with Gasteiger partial charge in [0.05, 0.1) is 19.7 Å². The Morgan fingerprint density at radius 2 is 1.96 bits per heavy atom. The van der Waals surface area contributed by atoms with Crippen LogP contribution < -0.4 is 20.5 Å². The van der Waals surface area contributed by atoms with Gasteiger partial charge in [0.1, 0.15) is 0 Å². The van der Waals surface area contributed by atoms with Crippen LogP contribution in [0.15, 0.2) is 58.3 Å². The molecule has 1 amide bonds. The zero-order chi connectivity index (χ0) is 18.7. The van der Waals surface area contributed by atoms with Gasteiger partial charge in [-0.1, -0.05) is 6.08 Å². The molecule has 0 aliphatic rings. The summed E-state index contributed by atoms with van der Waals surface area (Å²) in [6, 6.07) is 9.89. The van der Waals surface area contributed by atoms with Crippen molar-refractivity contribution < 1.29 is 18.7 Å². The molecule has 0 fully saturated rings. The van der Waals surface area contributed by atoms with Crippen LogP contribution in [-0.4, -0.2) is 24.7 Å². The number of carbonyl (C=O) groups is 1. The van der Waals surface area contributed by atoms with E-state index < -0.39 is 5.76 Å². The van der Waals surface area contributed by atoms with E-state index in [2.05, 4.69) is 11.9 Å². The summed E-state index contributed by atoms with van der Waals surface area (Å²) in [6.45, 7) is 3.92. The van der Waals surface area contributed by atoms with Gasteiger partial charge >= 0.3 is 5.76 Å². The predicted molar refractivity (Wildman–Crippen MR) is 98.2 cm³/mol. The zero-order valence-electron chi connectivity index (χ0n) is 14.4. The molecule has 0 aliphatic heterocycles. The highest BCUT2D eigenvalue weighted by atomic mass is 16.5. The first-order valence-corrected chi connectivity index (χ1v) is 7.85. The van der Waals surface area contributed by atoms with E-state index in [1.807, 2.05) is 0 Å². The minimum Gasteiger partial charge on any atom is -0.493 e. The molecule has 0 saturated carbocycles. The lowest BCUT2D eigenvalue weighted by molar-refractivity contribution is 0.102. The fraction of sp³-hybridized carbons (Fsp3) is 0.158. The Labute approximate surface area is 149 Å². The molecule has 26 heavy (non-hydrogen) atoms. The van der Waals surface area contributed by atoms with Gasteiger partial charge < -0.3 is 19.2 Å². The topological polar surface area (TPSA) is 82.7 Å². The lowest BCUT2D eigenvalue weighted by Crippen LogP contribution is -2.14. The monoisotopic (exact) mass is 354 g/mol. The summed E-state index contributed by atoms with van der Waals surface area (Å²) >= 11 is 0. The van der Waals surface area contributed by atoms with Crippen LogP contribution in [0.5, 0.6) is 11.5 Å². The third-order valence-corrected chi connectivity index (χ3v) is 3.88. The van der Waals surface area contributed by atoms with Crippen molar-refractivity contribution in [3.05, 3.63) is 65.2 Å². The van der Waals surface area contributed by atoms with Crippen molar-refractivity contribution in [3.8, 4) is 11.5 Å². The zero-order valence-corrected chi connectivity index (χ0v) is 14.4. The Morgan fingerprint density at radius 3 is 2.65 bits per heavy atom. The van der Waals surface area contributed by atoms with Gasteiger partial charge in [-0.25, -0.2) is 4.79 Å². The molecule has 0 saturated heterocycles. The average molecular weight is 354 g/mol. The number of rotatable bonds is 6. The standard InChI is InChI=1S/C19H18N2O5/c1-4-9-21-14-10-12(5-7-15(14)26-19(21)23)18(22)20-13-6-8-16(24-2)17(11-13)25-3/h4-8,10-11H,1,9H2,2-3H3,(H,20,22). The number of hydrogen-bond acceptors (Lipinski definition) is 5. The lowest BCUT2D eigenvalue weighted by atomic mass is 10.2. The van der Waals surface area contributed by atoms with Gasteiger partial charge in [0, 0.05) is 23.9 Å². The maximum atomic E-state index is 12.6. The van der Waals surface area contributed by atoms with Crippen LogP contribution in [0.2, 0.25) is 0 Å². The summed E-state index contributed by atoms with van der Waals surface area (Å²) < 4.78 is 17.0. The quantitative estimate of drug-likeness (QED) is 0.688. The fourth-order valence-corrected chi connectivity index (χ4v) is 2.62. The normalized spacial score (nSPS) is 10.5. The molecule has 0 bridgehead atoms. The van der Waals surface area contributed by atoms with Crippen LogP contribution in [0.3, 0.4) is 0 Å². The highest BCUT2D eigenvalue weighted by molar-refractivity contribution is 6.06. The Hall–Kier alpha value is -3.48. The number of anilines is 1. The second kappa shape index (κ2) is 7.18. The number of amides is 1. The molecule has 3 rings (SSSR count). The molecule has 2 aromatic carbocycles. The van der Waals surface area contributed by atoms with E-state index in [1.54, 1.807) is 49.6 Å². The molecular weight excluding hydrogens is 336 g/mol. The van der Waals surface area contributed by atoms with Crippen LogP contribution in [-0.2, 0) is 6.54 Å². The SMILES string of the molecule is C=CCn1c(=O)oc2ccc(C(=O)Nc3ccc(OC)c(OC)c3)cc21. The number of nitrogens with zero attached hydrogens (tertiary/aromatic N) is 1. The number of nitrogens with one attached hydrogen (secondary N) is 1. The van der Waals surface area contributed by atoms with Gasteiger partial charge in [-0.2, -0.15) is 0 Å². The molecule has 134 valence electrons. The van der Waals surface area contributed by atoms with E-state index in [0.29, 0.717) is 40.4 Å². The molecular formula is C19H18N2O5. The van der Waals surface area contributed by atoms with Crippen LogP contribution in [0.1, 0.15) is 10.4 Å². The molecule has 1 N–H and O–H groups in total. The van der Waals surface area contributed by atoms with E-state index in [0.717, 1.165) is 0 Å². The Morgan fingerprint density at radius 1 is 1.19 bits per heavy atom. The predicted octanol–water partition coefficient (Wildman–Crippen LogP) is 3.05. The maximum Gasteiger partial charge on any atom is 0.420 e. The highest BCUT2D eigenvalue weighted by Gasteiger charge is 2.13. The number of hydrogen-bond donors (Lipinski definition) is 1. The smallest absolute Gasteiger partial charge is 0.420 e. The van der Waals surface area contributed by atoms with Crippen LogP contribution in [0.25, 0.3) is 11.1 Å². The molecule has 0 aliphatic carbocycles. The Bertz CT molecular complexity index is 1030. The number of ether oxygens (including phenoxy) is 2. The summed E-state index contributed by atoms with van der Waals surface area (Å²) in [4.78, 5) is 24.4. The molecule has 7 heteroatoms. The van der Waals surface area contributed by atoms with Crippen molar-refractivity contribution >= 4 is 22.7 Å². The summed E-state index contributed by atoms with van der Waals surface area (Å²) in [5.41, 5.74) is 1.91. The van der Waals surface area contributed by atoms with E-state index in [9.17, 15) is 9.59 Å². The number of fused-ring (bicyclic) bond motifs is 1.